The van der Waals surface area contributed by atoms with Gasteiger partial charge < -0.3 is 15.4 Å². The van der Waals surface area contributed by atoms with E-state index in [1.807, 2.05) is 27.8 Å². The first kappa shape index (κ1) is 19.4. The van der Waals surface area contributed by atoms with Crippen LogP contribution < -0.4 is 5.73 Å². The van der Waals surface area contributed by atoms with E-state index in [1.54, 1.807) is 0 Å². The number of likely N-dealkylation sites (tertiary alicyclic amines) is 1. The summed E-state index contributed by atoms with van der Waals surface area (Å²) < 4.78 is 8.25. The van der Waals surface area contributed by atoms with Crippen LogP contribution in [-0.2, 0) is 21.6 Å². The van der Waals surface area contributed by atoms with Gasteiger partial charge in [-0.2, -0.15) is 5.10 Å². The number of nitrogens with two attached hydrogens (primary N) is 1. The molecule has 28 heavy (non-hydrogen) atoms. The molecule has 1 saturated heterocycles. The molecular formula is C21H27ClN4O2. The van der Waals surface area contributed by atoms with Gasteiger partial charge in [-0.25, -0.2) is 4.68 Å². The third-order valence-electron chi connectivity index (χ3n) is 6.52. The Morgan fingerprint density at radius 1 is 1.11 bits per heavy atom. The smallest absolute Gasteiger partial charge is 0.242 e. The molecule has 3 heterocycles. The van der Waals surface area contributed by atoms with Gasteiger partial charge in [-0.05, 0) is 56.2 Å². The normalized spacial score (nSPS) is 22.1. The fourth-order valence-electron chi connectivity index (χ4n) is 4.65. The molecule has 1 aliphatic carbocycles. The van der Waals surface area contributed by atoms with Crippen molar-refractivity contribution in [3.63, 3.8) is 0 Å². The highest BCUT2D eigenvalue weighted by atomic mass is 35.5. The van der Waals surface area contributed by atoms with Gasteiger partial charge in [-0.1, -0.05) is 18.2 Å². The second kappa shape index (κ2) is 7.17. The van der Waals surface area contributed by atoms with Gasteiger partial charge in [0.1, 0.15) is 5.60 Å². The fourth-order valence-corrected chi connectivity index (χ4v) is 4.65. The standard InChI is InChI=1S/C21H26N4O2.ClH/c22-20(8-4-9-20)19(26)24-12-10-21(11-13-24)18-16(7-14-27-21)15-25(23-18)17-5-2-1-3-6-17;/h1-3,5-6,15H,4,7-14,22H2;1H. The van der Waals surface area contributed by atoms with Crippen molar-refractivity contribution in [2.75, 3.05) is 19.7 Å². The summed E-state index contributed by atoms with van der Waals surface area (Å²) >= 11 is 0. The van der Waals surface area contributed by atoms with Crippen LogP contribution in [-0.4, -0.2) is 45.8 Å². The number of hydrogen-bond donors (Lipinski definition) is 1. The summed E-state index contributed by atoms with van der Waals surface area (Å²) in [4.78, 5) is 14.7. The number of carbonyl (C=O) groups excluding carboxylic acids is 1. The number of benzene rings is 1. The van der Waals surface area contributed by atoms with Crippen LogP contribution >= 0.6 is 12.4 Å². The van der Waals surface area contributed by atoms with Gasteiger partial charge in [-0.15, -0.1) is 12.4 Å². The number of nitrogens with zero attached hydrogens (tertiary/aromatic N) is 3. The zero-order valence-electron chi connectivity index (χ0n) is 16.0. The Bertz CT molecular complexity index is 855. The predicted octanol–water partition coefficient (Wildman–Crippen LogP) is 2.57. The molecule has 1 spiro atoms. The maximum atomic E-state index is 12.7. The van der Waals surface area contributed by atoms with Crippen LogP contribution in [0.4, 0.5) is 0 Å². The van der Waals surface area contributed by atoms with Crippen molar-refractivity contribution < 1.29 is 9.53 Å². The van der Waals surface area contributed by atoms with Crippen molar-refractivity contribution in [1.29, 1.82) is 0 Å². The summed E-state index contributed by atoms with van der Waals surface area (Å²) in [6.45, 7) is 2.09. The molecule has 2 fully saturated rings. The number of rotatable bonds is 2. The van der Waals surface area contributed by atoms with E-state index >= 15 is 0 Å². The Kier molecular flexibility index (Phi) is 4.98. The first-order chi connectivity index (χ1) is 13.1. The first-order valence-electron chi connectivity index (χ1n) is 9.96. The van der Waals surface area contributed by atoms with Crippen LogP contribution in [0.25, 0.3) is 5.69 Å². The number of halogens is 1. The lowest BCUT2D eigenvalue weighted by Gasteiger charge is -2.46. The molecule has 2 N–H and O–H groups in total. The minimum Gasteiger partial charge on any atom is -0.368 e. The highest BCUT2D eigenvalue weighted by Gasteiger charge is 2.48. The molecule has 0 unspecified atom stereocenters. The van der Waals surface area contributed by atoms with E-state index in [1.165, 1.54) is 5.56 Å². The molecule has 7 heteroatoms. The van der Waals surface area contributed by atoms with Crippen molar-refractivity contribution in [2.45, 2.75) is 49.7 Å². The van der Waals surface area contributed by atoms with Crippen molar-refractivity contribution >= 4 is 18.3 Å². The number of hydrogen-bond acceptors (Lipinski definition) is 4. The van der Waals surface area contributed by atoms with Gasteiger partial charge >= 0.3 is 0 Å². The largest absolute Gasteiger partial charge is 0.368 e. The van der Waals surface area contributed by atoms with Gasteiger partial charge in [0.05, 0.1) is 23.5 Å². The third kappa shape index (κ3) is 3.04. The molecule has 0 atom stereocenters. The molecule has 150 valence electrons. The molecule has 3 aliphatic rings. The molecule has 5 rings (SSSR count). The number of carbonyl (C=O) groups is 1. The Labute approximate surface area is 171 Å². The van der Waals surface area contributed by atoms with Crippen LogP contribution in [0.2, 0.25) is 0 Å². The van der Waals surface area contributed by atoms with E-state index in [9.17, 15) is 4.79 Å². The van der Waals surface area contributed by atoms with Gasteiger partial charge in [-0.3, -0.25) is 4.79 Å². The average molecular weight is 403 g/mol. The second-order valence-electron chi connectivity index (χ2n) is 8.18. The van der Waals surface area contributed by atoms with Gasteiger partial charge in [0.25, 0.3) is 0 Å². The molecular weight excluding hydrogens is 376 g/mol. The lowest BCUT2D eigenvalue weighted by molar-refractivity contribution is -0.149. The Hall–Kier alpha value is -1.89. The van der Waals surface area contributed by atoms with Crippen LogP contribution in [0.5, 0.6) is 0 Å². The highest BCUT2D eigenvalue weighted by molar-refractivity contribution is 5.87. The van der Waals surface area contributed by atoms with Crippen LogP contribution in [0.15, 0.2) is 36.5 Å². The summed E-state index contributed by atoms with van der Waals surface area (Å²) in [5.41, 5.74) is 8.65. The monoisotopic (exact) mass is 402 g/mol. The minimum atomic E-state index is -0.613. The molecule has 0 bridgehead atoms. The van der Waals surface area contributed by atoms with Crippen molar-refractivity contribution in [3.8, 4) is 5.69 Å². The quantitative estimate of drug-likeness (QED) is 0.837. The first-order valence-corrected chi connectivity index (χ1v) is 9.96. The maximum absolute atomic E-state index is 12.7. The molecule has 1 aromatic carbocycles. The van der Waals surface area contributed by atoms with Gasteiger partial charge in [0.15, 0.2) is 0 Å². The highest BCUT2D eigenvalue weighted by Crippen LogP contribution is 2.42. The van der Waals surface area contributed by atoms with Crippen molar-refractivity contribution in [1.82, 2.24) is 14.7 Å². The molecule has 2 aliphatic heterocycles. The second-order valence-corrected chi connectivity index (χ2v) is 8.18. The molecule has 1 amide bonds. The Morgan fingerprint density at radius 2 is 1.82 bits per heavy atom. The molecule has 1 saturated carbocycles. The minimum absolute atomic E-state index is 0. The zero-order valence-corrected chi connectivity index (χ0v) is 16.8. The molecule has 6 nitrogen and oxygen atoms in total. The van der Waals surface area contributed by atoms with E-state index in [4.69, 9.17) is 15.6 Å². The summed E-state index contributed by atoms with van der Waals surface area (Å²) in [6.07, 6.45) is 7.28. The number of amides is 1. The Balaban J connectivity index is 0.00000192. The maximum Gasteiger partial charge on any atom is 0.242 e. The average Bonchev–Trinajstić information content (AvgIpc) is 3.13. The number of ether oxygens (including phenoxy) is 1. The van der Waals surface area contributed by atoms with E-state index in [2.05, 4.69) is 18.3 Å². The van der Waals surface area contributed by atoms with Gasteiger partial charge in [0, 0.05) is 19.3 Å². The molecule has 0 radical (unpaired) electrons. The number of fused-ring (bicyclic) bond motifs is 2. The summed E-state index contributed by atoms with van der Waals surface area (Å²) in [5, 5.41) is 4.91. The predicted molar refractivity (Wildman–Crippen MR) is 109 cm³/mol. The summed E-state index contributed by atoms with van der Waals surface area (Å²) in [6, 6.07) is 10.2. The van der Waals surface area contributed by atoms with E-state index in [-0.39, 0.29) is 23.9 Å². The fraction of sp³-hybridized carbons (Fsp3) is 0.524. The van der Waals surface area contributed by atoms with Crippen LogP contribution in [0, 0.1) is 0 Å². The summed E-state index contributed by atoms with van der Waals surface area (Å²) in [7, 11) is 0. The lowest BCUT2D eigenvalue weighted by atomic mass is 9.75. The van der Waals surface area contributed by atoms with Crippen LogP contribution in [0.1, 0.15) is 43.4 Å². The summed E-state index contributed by atoms with van der Waals surface area (Å²) in [5.74, 6) is 0.120. The number of piperidine rings is 1. The van der Waals surface area contributed by atoms with Gasteiger partial charge in [0.2, 0.25) is 5.91 Å². The molecule has 1 aromatic heterocycles. The van der Waals surface area contributed by atoms with Crippen molar-refractivity contribution in [2.24, 2.45) is 5.73 Å². The van der Waals surface area contributed by atoms with Crippen molar-refractivity contribution in [3.05, 3.63) is 47.8 Å². The topological polar surface area (TPSA) is 73.4 Å². The SMILES string of the molecule is Cl.NC1(C(=O)N2CCC3(CC2)OCCc2cn(-c4ccccc4)nc23)CCC1. The lowest BCUT2D eigenvalue weighted by Crippen LogP contribution is -2.61. The van der Waals surface area contributed by atoms with E-state index in [0.29, 0.717) is 19.7 Å². The van der Waals surface area contributed by atoms with Crippen LogP contribution in [0.3, 0.4) is 0 Å². The Morgan fingerprint density at radius 3 is 2.46 bits per heavy atom. The number of aromatic nitrogens is 2. The van der Waals surface area contributed by atoms with E-state index < -0.39 is 5.54 Å². The number of para-hydroxylation sites is 1. The molecule has 2 aromatic rings. The third-order valence-corrected chi connectivity index (χ3v) is 6.52. The zero-order chi connectivity index (χ0) is 18.5. The van der Waals surface area contributed by atoms with E-state index in [0.717, 1.165) is 49.9 Å².